The van der Waals surface area contributed by atoms with Crippen LogP contribution in [0.25, 0.3) is 0 Å². The second kappa shape index (κ2) is 5.55. The Hall–Kier alpha value is -1.95. The minimum absolute atomic E-state index is 0.0102. The number of hydrogen-bond acceptors (Lipinski definition) is 2. The van der Waals surface area contributed by atoms with Gasteiger partial charge in [0.05, 0.1) is 16.8 Å². The van der Waals surface area contributed by atoms with Crippen molar-refractivity contribution < 1.29 is 18.3 Å². The van der Waals surface area contributed by atoms with Gasteiger partial charge in [0.2, 0.25) is 5.91 Å². The highest BCUT2D eigenvalue weighted by molar-refractivity contribution is 9.10. The first-order chi connectivity index (χ1) is 11.5. The van der Waals surface area contributed by atoms with Crippen LogP contribution < -0.4 is 9.64 Å². The molecule has 0 aromatic heterocycles. The van der Waals surface area contributed by atoms with Crippen LogP contribution in [0.1, 0.15) is 24.8 Å². The Morgan fingerprint density at radius 1 is 1.17 bits per heavy atom. The summed E-state index contributed by atoms with van der Waals surface area (Å²) >= 11 is 3.47. The first kappa shape index (κ1) is 15.6. The number of benzene rings is 2. The molecular weight excluding hydrogens is 380 g/mol. The number of carbonyl (C=O) groups excluding carboxylic acids is 1. The first-order valence-electron chi connectivity index (χ1n) is 7.71. The Kier molecular flexibility index (Phi) is 3.60. The normalized spacial score (nSPS) is 18.0. The number of carbonyl (C=O) groups is 1. The van der Waals surface area contributed by atoms with Gasteiger partial charge in [-0.15, -0.1) is 0 Å². The Bertz CT molecular complexity index is 820. The minimum atomic E-state index is -2.89. The van der Waals surface area contributed by atoms with Gasteiger partial charge in [-0.3, -0.25) is 9.69 Å². The molecule has 2 aliphatic rings. The molecule has 1 fully saturated rings. The van der Waals surface area contributed by atoms with Crippen molar-refractivity contribution in [3.8, 4) is 5.75 Å². The summed E-state index contributed by atoms with van der Waals surface area (Å²) in [6.07, 6.45) is 2.65. The SMILES string of the molecule is O=C1N(c2cccc(OC(F)F)c2)c2ccc(Br)cc2C12CCC2. The predicted molar refractivity (Wildman–Crippen MR) is 89.9 cm³/mol. The van der Waals surface area contributed by atoms with Gasteiger partial charge in [-0.05, 0) is 48.7 Å². The molecule has 6 heteroatoms. The Labute approximate surface area is 146 Å². The number of amides is 1. The van der Waals surface area contributed by atoms with Crippen LogP contribution in [0, 0.1) is 0 Å². The molecule has 1 amide bonds. The van der Waals surface area contributed by atoms with E-state index >= 15 is 0 Å². The van der Waals surface area contributed by atoms with Gasteiger partial charge in [0.25, 0.3) is 0 Å². The number of fused-ring (bicyclic) bond motifs is 2. The third kappa shape index (κ3) is 2.24. The highest BCUT2D eigenvalue weighted by atomic mass is 79.9. The molecule has 3 nitrogen and oxygen atoms in total. The molecule has 0 atom stereocenters. The Balaban J connectivity index is 1.81. The molecule has 124 valence electrons. The number of nitrogens with zero attached hydrogens (tertiary/aromatic N) is 1. The first-order valence-corrected chi connectivity index (χ1v) is 8.50. The molecule has 0 N–H and O–H groups in total. The van der Waals surface area contributed by atoms with Crippen molar-refractivity contribution in [1.29, 1.82) is 0 Å². The maximum Gasteiger partial charge on any atom is 0.387 e. The van der Waals surface area contributed by atoms with Crippen molar-refractivity contribution in [2.75, 3.05) is 4.90 Å². The monoisotopic (exact) mass is 393 g/mol. The topological polar surface area (TPSA) is 29.5 Å². The molecule has 0 radical (unpaired) electrons. The summed E-state index contributed by atoms with van der Waals surface area (Å²) in [5, 5.41) is 0. The molecule has 1 saturated carbocycles. The largest absolute Gasteiger partial charge is 0.435 e. The van der Waals surface area contributed by atoms with Crippen LogP contribution >= 0.6 is 15.9 Å². The molecule has 1 aliphatic heterocycles. The van der Waals surface area contributed by atoms with Gasteiger partial charge in [0.15, 0.2) is 0 Å². The van der Waals surface area contributed by atoms with E-state index in [4.69, 9.17) is 0 Å². The molecule has 1 spiro atoms. The molecule has 0 unspecified atom stereocenters. The summed E-state index contributed by atoms with van der Waals surface area (Å²) in [4.78, 5) is 14.8. The van der Waals surface area contributed by atoms with E-state index in [1.807, 2.05) is 18.2 Å². The minimum Gasteiger partial charge on any atom is -0.435 e. The maximum absolute atomic E-state index is 13.1. The lowest BCUT2D eigenvalue weighted by atomic mass is 9.65. The summed E-state index contributed by atoms with van der Waals surface area (Å²) in [5.41, 5.74) is 1.90. The molecular formula is C18H14BrF2NO2. The fraction of sp³-hybridized carbons (Fsp3) is 0.278. The summed E-state index contributed by atoms with van der Waals surface area (Å²) in [6, 6.07) is 12.1. The molecule has 24 heavy (non-hydrogen) atoms. The zero-order valence-electron chi connectivity index (χ0n) is 12.6. The van der Waals surface area contributed by atoms with E-state index in [-0.39, 0.29) is 11.7 Å². The van der Waals surface area contributed by atoms with E-state index in [0.717, 1.165) is 35.0 Å². The van der Waals surface area contributed by atoms with Crippen LogP contribution in [0.4, 0.5) is 20.2 Å². The van der Waals surface area contributed by atoms with Gasteiger partial charge in [-0.1, -0.05) is 28.4 Å². The highest BCUT2D eigenvalue weighted by Crippen LogP contribution is 2.55. The summed E-state index contributed by atoms with van der Waals surface area (Å²) < 4.78 is 30.3. The molecule has 1 heterocycles. The average molecular weight is 394 g/mol. The van der Waals surface area contributed by atoms with E-state index in [1.54, 1.807) is 17.0 Å². The lowest BCUT2D eigenvalue weighted by Crippen LogP contribution is -2.43. The Morgan fingerprint density at radius 3 is 2.62 bits per heavy atom. The van der Waals surface area contributed by atoms with E-state index in [9.17, 15) is 13.6 Å². The van der Waals surface area contributed by atoms with E-state index in [2.05, 4.69) is 20.7 Å². The average Bonchev–Trinajstić information content (AvgIpc) is 2.74. The zero-order valence-corrected chi connectivity index (χ0v) is 14.2. The van der Waals surface area contributed by atoms with Crippen molar-refractivity contribution in [3.63, 3.8) is 0 Å². The maximum atomic E-state index is 13.1. The van der Waals surface area contributed by atoms with Crippen LogP contribution in [-0.4, -0.2) is 12.5 Å². The van der Waals surface area contributed by atoms with Gasteiger partial charge in [0.1, 0.15) is 5.75 Å². The van der Waals surface area contributed by atoms with Crippen LogP contribution in [0.2, 0.25) is 0 Å². The van der Waals surface area contributed by atoms with E-state index in [0.29, 0.717) is 5.69 Å². The van der Waals surface area contributed by atoms with Crippen molar-refractivity contribution in [3.05, 3.63) is 52.5 Å². The predicted octanol–water partition coefficient (Wildman–Crippen LogP) is 5.15. The lowest BCUT2D eigenvalue weighted by Gasteiger charge is -2.37. The van der Waals surface area contributed by atoms with Crippen molar-refractivity contribution in [2.45, 2.75) is 31.3 Å². The van der Waals surface area contributed by atoms with Gasteiger partial charge in [-0.2, -0.15) is 8.78 Å². The quantitative estimate of drug-likeness (QED) is 0.721. The number of alkyl halides is 2. The lowest BCUT2D eigenvalue weighted by molar-refractivity contribution is -0.125. The number of ether oxygens (including phenoxy) is 1. The van der Waals surface area contributed by atoms with Gasteiger partial charge >= 0.3 is 6.61 Å². The standard InChI is InChI=1S/C18H14BrF2NO2/c19-11-5-6-15-14(9-11)18(7-2-8-18)16(23)22(15)12-3-1-4-13(10-12)24-17(20)21/h1,3-6,9-10,17H,2,7-8H2. The van der Waals surface area contributed by atoms with Crippen LogP contribution in [0.5, 0.6) is 5.75 Å². The third-order valence-electron chi connectivity index (χ3n) is 4.84. The fourth-order valence-corrected chi connectivity index (χ4v) is 3.95. The van der Waals surface area contributed by atoms with Crippen molar-refractivity contribution >= 4 is 33.2 Å². The Morgan fingerprint density at radius 2 is 1.96 bits per heavy atom. The summed E-state index contributed by atoms with van der Waals surface area (Å²) in [6.45, 7) is -2.89. The van der Waals surface area contributed by atoms with Gasteiger partial charge in [0, 0.05) is 10.5 Å². The second-order valence-electron chi connectivity index (χ2n) is 6.11. The van der Waals surface area contributed by atoms with Crippen molar-refractivity contribution in [2.24, 2.45) is 0 Å². The number of anilines is 2. The summed E-state index contributed by atoms with van der Waals surface area (Å²) in [7, 11) is 0. The van der Waals surface area contributed by atoms with Crippen molar-refractivity contribution in [1.82, 2.24) is 0 Å². The third-order valence-corrected chi connectivity index (χ3v) is 5.33. The number of rotatable bonds is 3. The zero-order chi connectivity index (χ0) is 16.9. The molecule has 1 aliphatic carbocycles. The number of halogens is 3. The second-order valence-corrected chi connectivity index (χ2v) is 7.03. The molecule has 2 aromatic carbocycles. The van der Waals surface area contributed by atoms with Gasteiger partial charge in [-0.25, -0.2) is 0 Å². The molecule has 4 rings (SSSR count). The molecule has 0 bridgehead atoms. The number of hydrogen-bond donors (Lipinski definition) is 0. The van der Waals surface area contributed by atoms with E-state index < -0.39 is 12.0 Å². The van der Waals surface area contributed by atoms with Crippen LogP contribution in [0.15, 0.2) is 46.9 Å². The van der Waals surface area contributed by atoms with Crippen LogP contribution in [-0.2, 0) is 10.2 Å². The van der Waals surface area contributed by atoms with Crippen LogP contribution in [0.3, 0.4) is 0 Å². The van der Waals surface area contributed by atoms with Gasteiger partial charge < -0.3 is 4.74 Å². The smallest absolute Gasteiger partial charge is 0.387 e. The summed E-state index contributed by atoms with van der Waals surface area (Å²) in [5.74, 6) is 0.0552. The molecule has 0 saturated heterocycles. The fourth-order valence-electron chi connectivity index (χ4n) is 3.59. The highest BCUT2D eigenvalue weighted by Gasteiger charge is 2.54. The van der Waals surface area contributed by atoms with E-state index in [1.165, 1.54) is 12.1 Å². The molecule has 2 aromatic rings.